The first-order valence-corrected chi connectivity index (χ1v) is 7.58. The molecule has 5 nitrogen and oxygen atoms in total. The molecule has 0 spiro atoms. The van der Waals surface area contributed by atoms with Crippen molar-refractivity contribution < 1.29 is 14.3 Å². The first kappa shape index (κ1) is 18.5. The molecule has 5 heteroatoms. The van der Waals surface area contributed by atoms with Crippen molar-refractivity contribution in [3.63, 3.8) is 0 Å². The molecule has 0 bridgehead atoms. The van der Waals surface area contributed by atoms with Crippen LogP contribution in [0.5, 0.6) is 0 Å². The lowest BCUT2D eigenvalue weighted by Gasteiger charge is -2.25. The standard InChI is InChI=1S/C17H28N2O3/c1-13(12-21-5)18-11-15(14-9-7-6-8-10-14)19-16(20)22-17(2,3)4/h6-10,13,15,18H,11-12H2,1-5H3,(H,19,20). The third kappa shape index (κ3) is 7.43. The second-order valence-corrected chi connectivity index (χ2v) is 6.37. The minimum atomic E-state index is -0.512. The van der Waals surface area contributed by atoms with Gasteiger partial charge in [0.05, 0.1) is 12.6 Å². The molecule has 0 aromatic heterocycles. The van der Waals surface area contributed by atoms with E-state index in [1.807, 2.05) is 58.0 Å². The Balaban J connectivity index is 2.69. The number of hydrogen-bond donors (Lipinski definition) is 2. The van der Waals surface area contributed by atoms with E-state index in [1.54, 1.807) is 7.11 Å². The van der Waals surface area contributed by atoms with Crippen LogP contribution in [0.4, 0.5) is 4.79 Å². The summed E-state index contributed by atoms with van der Waals surface area (Å²) >= 11 is 0. The smallest absolute Gasteiger partial charge is 0.408 e. The molecule has 0 fully saturated rings. The number of carbonyl (C=O) groups excluding carboxylic acids is 1. The number of rotatable bonds is 7. The van der Waals surface area contributed by atoms with Crippen molar-refractivity contribution >= 4 is 6.09 Å². The number of benzene rings is 1. The van der Waals surface area contributed by atoms with Gasteiger partial charge in [0.15, 0.2) is 0 Å². The first-order chi connectivity index (χ1) is 10.3. The summed E-state index contributed by atoms with van der Waals surface area (Å²) in [7, 11) is 1.67. The molecule has 0 saturated heterocycles. The molecule has 1 amide bonds. The molecule has 0 aliphatic heterocycles. The van der Waals surface area contributed by atoms with Crippen molar-refractivity contribution in [2.75, 3.05) is 20.3 Å². The molecule has 2 atom stereocenters. The normalized spacial score (nSPS) is 14.2. The number of methoxy groups -OCH3 is 1. The van der Waals surface area contributed by atoms with E-state index in [-0.39, 0.29) is 12.1 Å². The van der Waals surface area contributed by atoms with Crippen LogP contribution >= 0.6 is 0 Å². The summed E-state index contributed by atoms with van der Waals surface area (Å²) in [5.41, 5.74) is 0.521. The van der Waals surface area contributed by atoms with Gasteiger partial charge < -0.3 is 20.1 Å². The van der Waals surface area contributed by atoms with E-state index in [0.717, 1.165) is 5.56 Å². The molecule has 2 unspecified atom stereocenters. The van der Waals surface area contributed by atoms with Crippen LogP contribution in [0.1, 0.15) is 39.3 Å². The number of carbonyl (C=O) groups is 1. The highest BCUT2D eigenvalue weighted by atomic mass is 16.6. The predicted octanol–water partition coefficient (Wildman–Crippen LogP) is 2.88. The van der Waals surface area contributed by atoms with Crippen LogP contribution in [-0.2, 0) is 9.47 Å². The summed E-state index contributed by atoms with van der Waals surface area (Å²) in [5, 5.41) is 6.28. The van der Waals surface area contributed by atoms with Crippen molar-refractivity contribution in [2.24, 2.45) is 0 Å². The van der Waals surface area contributed by atoms with Crippen LogP contribution in [0.25, 0.3) is 0 Å². The van der Waals surface area contributed by atoms with Crippen LogP contribution in [0.3, 0.4) is 0 Å². The molecule has 1 rings (SSSR count). The lowest BCUT2D eigenvalue weighted by molar-refractivity contribution is 0.0501. The van der Waals surface area contributed by atoms with Gasteiger partial charge in [0.1, 0.15) is 5.60 Å². The van der Waals surface area contributed by atoms with Gasteiger partial charge in [0.2, 0.25) is 0 Å². The van der Waals surface area contributed by atoms with E-state index in [4.69, 9.17) is 9.47 Å². The highest BCUT2D eigenvalue weighted by molar-refractivity contribution is 5.68. The molecule has 0 heterocycles. The molecule has 2 N–H and O–H groups in total. The minimum absolute atomic E-state index is 0.157. The van der Waals surface area contributed by atoms with Gasteiger partial charge in [-0.1, -0.05) is 30.3 Å². The summed E-state index contributed by atoms with van der Waals surface area (Å²) in [6.07, 6.45) is -0.414. The highest BCUT2D eigenvalue weighted by Crippen LogP contribution is 2.14. The van der Waals surface area contributed by atoms with Crippen LogP contribution in [0, 0.1) is 0 Å². The fourth-order valence-corrected chi connectivity index (χ4v) is 2.02. The Bertz CT molecular complexity index is 443. The number of nitrogens with one attached hydrogen (secondary N) is 2. The monoisotopic (exact) mass is 308 g/mol. The maximum Gasteiger partial charge on any atom is 0.408 e. The largest absolute Gasteiger partial charge is 0.444 e. The third-order valence-corrected chi connectivity index (χ3v) is 2.98. The van der Waals surface area contributed by atoms with Crippen LogP contribution in [-0.4, -0.2) is 38.0 Å². The Kier molecular flexibility index (Phi) is 7.35. The van der Waals surface area contributed by atoms with Crippen LogP contribution in [0.15, 0.2) is 30.3 Å². The number of ether oxygens (including phenoxy) is 2. The number of amides is 1. The Hall–Kier alpha value is -1.59. The maximum absolute atomic E-state index is 12.0. The Morgan fingerprint density at radius 1 is 1.23 bits per heavy atom. The van der Waals surface area contributed by atoms with Gasteiger partial charge in [-0.05, 0) is 33.3 Å². The zero-order valence-electron chi connectivity index (χ0n) is 14.2. The molecule has 0 aliphatic rings. The van der Waals surface area contributed by atoms with Crippen molar-refractivity contribution in [2.45, 2.75) is 45.4 Å². The average Bonchev–Trinajstić information content (AvgIpc) is 2.42. The van der Waals surface area contributed by atoms with E-state index in [9.17, 15) is 4.79 Å². The summed E-state index contributed by atoms with van der Waals surface area (Å²) in [6, 6.07) is 9.90. The summed E-state index contributed by atoms with van der Waals surface area (Å²) in [4.78, 5) is 12.0. The molecule has 0 saturated carbocycles. The van der Waals surface area contributed by atoms with Gasteiger partial charge in [-0.25, -0.2) is 4.79 Å². The zero-order chi connectivity index (χ0) is 16.6. The first-order valence-electron chi connectivity index (χ1n) is 7.58. The maximum atomic E-state index is 12.0. The molecule has 22 heavy (non-hydrogen) atoms. The van der Waals surface area contributed by atoms with E-state index in [1.165, 1.54) is 0 Å². The summed E-state index contributed by atoms with van der Waals surface area (Å²) in [5.74, 6) is 0. The van der Waals surface area contributed by atoms with Crippen molar-refractivity contribution in [3.8, 4) is 0 Å². The molecule has 1 aromatic carbocycles. The minimum Gasteiger partial charge on any atom is -0.444 e. The fraction of sp³-hybridized carbons (Fsp3) is 0.588. The molecule has 0 aliphatic carbocycles. The van der Waals surface area contributed by atoms with Gasteiger partial charge in [0, 0.05) is 19.7 Å². The van der Waals surface area contributed by atoms with Gasteiger partial charge in [-0.15, -0.1) is 0 Å². The molecular formula is C17H28N2O3. The van der Waals surface area contributed by atoms with Crippen molar-refractivity contribution in [1.82, 2.24) is 10.6 Å². The summed E-state index contributed by atoms with van der Waals surface area (Å²) in [6.45, 7) is 8.82. The quantitative estimate of drug-likeness (QED) is 0.813. The molecule has 0 radical (unpaired) electrons. The Labute approximate surface area is 133 Å². The van der Waals surface area contributed by atoms with E-state index >= 15 is 0 Å². The molecule has 1 aromatic rings. The Morgan fingerprint density at radius 2 is 1.86 bits per heavy atom. The van der Waals surface area contributed by atoms with Crippen molar-refractivity contribution in [1.29, 1.82) is 0 Å². The lowest BCUT2D eigenvalue weighted by atomic mass is 10.1. The predicted molar refractivity (Wildman–Crippen MR) is 87.9 cm³/mol. The van der Waals surface area contributed by atoms with Gasteiger partial charge in [-0.3, -0.25) is 0 Å². The zero-order valence-corrected chi connectivity index (χ0v) is 14.2. The van der Waals surface area contributed by atoms with Gasteiger partial charge in [0.25, 0.3) is 0 Å². The molecular weight excluding hydrogens is 280 g/mol. The average molecular weight is 308 g/mol. The SMILES string of the molecule is COCC(C)NCC(NC(=O)OC(C)(C)C)c1ccccc1. The van der Waals surface area contributed by atoms with Crippen LogP contribution in [0.2, 0.25) is 0 Å². The Morgan fingerprint density at radius 3 is 2.41 bits per heavy atom. The number of hydrogen-bond acceptors (Lipinski definition) is 4. The third-order valence-electron chi connectivity index (χ3n) is 2.98. The number of alkyl carbamates (subject to hydrolysis) is 1. The molecule has 124 valence electrons. The van der Waals surface area contributed by atoms with E-state index in [0.29, 0.717) is 13.2 Å². The van der Waals surface area contributed by atoms with Crippen molar-refractivity contribution in [3.05, 3.63) is 35.9 Å². The highest BCUT2D eigenvalue weighted by Gasteiger charge is 2.20. The fourth-order valence-electron chi connectivity index (χ4n) is 2.02. The van der Waals surface area contributed by atoms with E-state index < -0.39 is 11.7 Å². The van der Waals surface area contributed by atoms with E-state index in [2.05, 4.69) is 10.6 Å². The van der Waals surface area contributed by atoms with Gasteiger partial charge in [-0.2, -0.15) is 0 Å². The summed E-state index contributed by atoms with van der Waals surface area (Å²) < 4.78 is 10.5. The topological polar surface area (TPSA) is 59.6 Å². The van der Waals surface area contributed by atoms with Crippen LogP contribution < -0.4 is 10.6 Å². The second kappa shape index (κ2) is 8.76. The second-order valence-electron chi connectivity index (χ2n) is 6.37. The lowest BCUT2D eigenvalue weighted by Crippen LogP contribution is -2.41. The van der Waals surface area contributed by atoms with Gasteiger partial charge >= 0.3 is 6.09 Å².